The Hall–Kier alpha value is -1.47. The van der Waals surface area contributed by atoms with Gasteiger partial charge in [0, 0.05) is 0 Å². The van der Waals surface area contributed by atoms with Crippen LogP contribution in [-0.2, 0) is 0 Å². The fourth-order valence-corrected chi connectivity index (χ4v) is 0.183. The van der Waals surface area contributed by atoms with E-state index in [1.807, 2.05) is 0 Å². The highest BCUT2D eigenvalue weighted by Gasteiger charge is 1.97. The van der Waals surface area contributed by atoms with Gasteiger partial charge in [-0.15, -0.1) is 0 Å². The Bertz CT molecular complexity index is 151. The largest absolute Gasteiger partial charge is 0.506 e. The number of urea groups is 1. The van der Waals surface area contributed by atoms with Gasteiger partial charge < -0.3 is 31.9 Å². The summed E-state index contributed by atoms with van der Waals surface area (Å²) < 4.78 is 0. The number of rotatable bonds is 2. The highest BCUT2D eigenvalue weighted by molar-refractivity contribution is 5.69. The summed E-state index contributed by atoms with van der Waals surface area (Å²) in [6.45, 7) is -1.29. The normalized spacial score (nSPS) is 10.8. The van der Waals surface area contributed by atoms with Gasteiger partial charge in [0.1, 0.15) is 13.2 Å². The summed E-state index contributed by atoms with van der Waals surface area (Å²) in [7, 11) is 0. The number of aliphatic hydroxyl groups is 4. The topological polar surface area (TPSA) is 150 Å². The van der Waals surface area contributed by atoms with Crippen LogP contribution in [0.3, 0.4) is 0 Å². The van der Waals surface area contributed by atoms with E-state index in [0.29, 0.717) is 0 Å². The van der Waals surface area contributed by atoms with Crippen LogP contribution < -0.4 is 11.5 Å². The Morgan fingerprint density at radius 2 is 1.17 bits per heavy atom. The standard InChI is InChI=1S/C4H8O4.CH4N2O/c5-1-3(7)4(8)2-6;2-1(3)4/h5-8H,1-2H2;(H4,2,3,4). The van der Waals surface area contributed by atoms with Crippen molar-refractivity contribution in [2.75, 3.05) is 13.2 Å². The zero-order valence-electron chi connectivity index (χ0n) is 6.27. The molecule has 0 bridgehead atoms. The molecule has 0 spiro atoms. The van der Waals surface area contributed by atoms with Crippen LogP contribution in [-0.4, -0.2) is 39.7 Å². The number of hydrogen-bond acceptors (Lipinski definition) is 5. The van der Waals surface area contributed by atoms with Gasteiger partial charge in [-0.1, -0.05) is 0 Å². The van der Waals surface area contributed by atoms with Crippen molar-refractivity contribution in [2.24, 2.45) is 11.5 Å². The first kappa shape index (κ1) is 13.1. The first-order valence-corrected chi connectivity index (χ1v) is 2.82. The van der Waals surface area contributed by atoms with Crippen LogP contribution in [0.4, 0.5) is 4.79 Å². The number of carbonyl (C=O) groups is 1. The lowest BCUT2D eigenvalue weighted by Crippen LogP contribution is -2.18. The van der Waals surface area contributed by atoms with Crippen LogP contribution in [0.1, 0.15) is 0 Å². The third kappa shape index (κ3) is 11.3. The number of carbonyl (C=O) groups excluding carboxylic acids is 1. The number of aliphatic hydroxyl groups excluding tert-OH is 4. The second-order valence-corrected chi connectivity index (χ2v) is 1.61. The Morgan fingerprint density at radius 3 is 1.25 bits per heavy atom. The minimum Gasteiger partial charge on any atom is -0.506 e. The molecule has 0 saturated heterocycles. The first-order valence-electron chi connectivity index (χ1n) is 2.82. The predicted molar refractivity (Wildman–Crippen MR) is 40.2 cm³/mol. The Balaban J connectivity index is 0. The summed E-state index contributed by atoms with van der Waals surface area (Å²) in [5, 5.41) is 32.8. The van der Waals surface area contributed by atoms with Crippen LogP contribution in [0.25, 0.3) is 0 Å². The third-order valence-corrected chi connectivity index (χ3v) is 0.633. The lowest BCUT2D eigenvalue weighted by atomic mass is 10.4. The highest BCUT2D eigenvalue weighted by Crippen LogP contribution is 1.92. The average molecular weight is 180 g/mol. The van der Waals surface area contributed by atoms with Crippen LogP contribution >= 0.6 is 0 Å². The van der Waals surface area contributed by atoms with Crippen LogP contribution in [0.15, 0.2) is 11.5 Å². The van der Waals surface area contributed by atoms with Crippen LogP contribution in [0, 0.1) is 0 Å². The van der Waals surface area contributed by atoms with E-state index in [1.54, 1.807) is 0 Å². The molecule has 0 aliphatic carbocycles. The summed E-state index contributed by atoms with van der Waals surface area (Å²) in [5.41, 5.74) is 8.50. The van der Waals surface area contributed by atoms with E-state index in [1.165, 1.54) is 0 Å². The monoisotopic (exact) mass is 180 g/mol. The molecular weight excluding hydrogens is 168 g/mol. The van der Waals surface area contributed by atoms with Gasteiger partial charge in [0.25, 0.3) is 0 Å². The molecule has 0 aliphatic heterocycles. The van der Waals surface area contributed by atoms with E-state index in [9.17, 15) is 0 Å². The molecule has 7 heteroatoms. The van der Waals surface area contributed by atoms with Crippen molar-refractivity contribution in [1.82, 2.24) is 0 Å². The van der Waals surface area contributed by atoms with Crippen molar-refractivity contribution in [2.45, 2.75) is 0 Å². The number of primary amides is 2. The smallest absolute Gasteiger partial charge is 0.309 e. The molecule has 0 aliphatic rings. The Morgan fingerprint density at radius 1 is 1.00 bits per heavy atom. The summed E-state index contributed by atoms with van der Waals surface area (Å²) in [4.78, 5) is 9.00. The van der Waals surface area contributed by atoms with Crippen molar-refractivity contribution < 1.29 is 25.2 Å². The van der Waals surface area contributed by atoms with Crippen molar-refractivity contribution in [1.29, 1.82) is 0 Å². The minimum absolute atomic E-state index is 0.590. The number of amides is 2. The summed E-state index contributed by atoms with van der Waals surface area (Å²) in [6.07, 6.45) is 0. The van der Waals surface area contributed by atoms with Gasteiger partial charge in [0.2, 0.25) is 0 Å². The van der Waals surface area contributed by atoms with E-state index in [2.05, 4.69) is 11.5 Å². The van der Waals surface area contributed by atoms with E-state index in [-0.39, 0.29) is 0 Å². The molecule has 8 N–H and O–H groups in total. The van der Waals surface area contributed by atoms with Gasteiger partial charge >= 0.3 is 6.03 Å². The molecule has 0 fully saturated rings. The maximum Gasteiger partial charge on any atom is 0.309 e. The molecule has 0 aromatic rings. The van der Waals surface area contributed by atoms with Crippen molar-refractivity contribution in [3.63, 3.8) is 0 Å². The summed E-state index contributed by atoms with van der Waals surface area (Å²) in [5.74, 6) is -1.18. The average Bonchev–Trinajstić information content (AvgIpc) is 2.00. The summed E-state index contributed by atoms with van der Waals surface area (Å²) >= 11 is 0. The number of nitrogens with two attached hydrogens (primary N) is 2. The van der Waals surface area contributed by atoms with E-state index in [4.69, 9.17) is 25.2 Å². The van der Waals surface area contributed by atoms with Crippen LogP contribution in [0.5, 0.6) is 0 Å². The Labute approximate surface area is 68.5 Å². The first-order chi connectivity index (χ1) is 5.45. The van der Waals surface area contributed by atoms with Gasteiger partial charge in [-0.25, -0.2) is 4.79 Å². The molecule has 0 atom stereocenters. The molecule has 0 rings (SSSR count). The molecule has 12 heavy (non-hydrogen) atoms. The fourth-order valence-electron chi connectivity index (χ4n) is 0.183. The van der Waals surface area contributed by atoms with Gasteiger partial charge in [-0.3, -0.25) is 0 Å². The quantitative estimate of drug-likeness (QED) is 0.280. The molecule has 72 valence electrons. The lowest BCUT2D eigenvalue weighted by Gasteiger charge is -1.95. The van der Waals surface area contributed by atoms with Gasteiger partial charge in [-0.2, -0.15) is 0 Å². The zero-order chi connectivity index (χ0) is 10.1. The highest BCUT2D eigenvalue weighted by atomic mass is 16.3. The van der Waals surface area contributed by atoms with E-state index < -0.39 is 30.8 Å². The second kappa shape index (κ2) is 7.63. The predicted octanol–water partition coefficient (Wildman–Crippen LogP) is -1.68. The maximum atomic E-state index is 9.00. The zero-order valence-corrected chi connectivity index (χ0v) is 6.27. The SMILES string of the molecule is NC(N)=O.OCC(O)=C(O)CO. The van der Waals surface area contributed by atoms with Gasteiger partial charge in [0.15, 0.2) is 11.5 Å². The summed E-state index contributed by atoms with van der Waals surface area (Å²) in [6, 6.07) is -0.833. The molecule has 0 unspecified atom stereocenters. The molecular formula is C5H12N2O5. The molecule has 0 aromatic carbocycles. The van der Waals surface area contributed by atoms with E-state index in [0.717, 1.165) is 0 Å². The molecule has 0 heterocycles. The fraction of sp³-hybridized carbons (Fsp3) is 0.400. The van der Waals surface area contributed by atoms with Crippen LogP contribution in [0.2, 0.25) is 0 Å². The van der Waals surface area contributed by atoms with Gasteiger partial charge in [0.05, 0.1) is 0 Å². The number of hydrogen-bond donors (Lipinski definition) is 6. The second-order valence-electron chi connectivity index (χ2n) is 1.61. The third-order valence-electron chi connectivity index (χ3n) is 0.633. The molecule has 2 amide bonds. The molecule has 0 radical (unpaired) electrons. The van der Waals surface area contributed by atoms with E-state index >= 15 is 0 Å². The van der Waals surface area contributed by atoms with Crippen molar-refractivity contribution in [3.8, 4) is 0 Å². The maximum absolute atomic E-state index is 9.00. The molecule has 0 aromatic heterocycles. The Kier molecular flexibility index (Phi) is 8.36. The van der Waals surface area contributed by atoms with Crippen molar-refractivity contribution in [3.05, 3.63) is 11.5 Å². The van der Waals surface area contributed by atoms with Gasteiger partial charge in [-0.05, 0) is 0 Å². The lowest BCUT2D eigenvalue weighted by molar-refractivity contribution is 0.194. The minimum atomic E-state index is -0.833. The molecule has 0 saturated carbocycles. The molecule has 7 nitrogen and oxygen atoms in total. The van der Waals surface area contributed by atoms with Crippen molar-refractivity contribution >= 4 is 6.03 Å².